The van der Waals surface area contributed by atoms with Gasteiger partial charge in [0.2, 0.25) is 0 Å². The maximum atomic E-state index is 12.8. The molecule has 0 saturated heterocycles. The van der Waals surface area contributed by atoms with E-state index in [0.29, 0.717) is 6.42 Å². The zero-order chi connectivity index (χ0) is 21.6. The Hall–Kier alpha value is -2.04. The van der Waals surface area contributed by atoms with Gasteiger partial charge in [-0.05, 0) is 76.4 Å². The van der Waals surface area contributed by atoms with Crippen LogP contribution in [0.15, 0.2) is 54.6 Å². The monoisotopic (exact) mass is 428 g/mol. The van der Waals surface area contributed by atoms with Crippen molar-refractivity contribution in [3.05, 3.63) is 65.2 Å². The largest absolute Gasteiger partial charge is 0.481 e. The molecule has 2 aromatic carbocycles. The lowest BCUT2D eigenvalue weighted by Gasteiger charge is -2.45. The number of carbonyl (C=O) groups excluding carboxylic acids is 1. The minimum atomic E-state index is -0.462. The molecule has 1 aliphatic rings. The highest BCUT2D eigenvalue weighted by atomic mass is 35.5. The smallest absolute Gasteiger partial charge is 0.261 e. The summed E-state index contributed by atoms with van der Waals surface area (Å²) >= 11 is 6.44. The molecule has 3 rings (SSSR count). The number of hydrogen-bond acceptors (Lipinski definition) is 3. The highest BCUT2D eigenvalue weighted by Crippen LogP contribution is 2.37. The van der Waals surface area contributed by atoms with E-state index >= 15 is 0 Å². The van der Waals surface area contributed by atoms with Crippen molar-refractivity contribution in [3.8, 4) is 5.75 Å². The average molecular weight is 429 g/mol. The van der Waals surface area contributed by atoms with Crippen LogP contribution in [-0.2, 0) is 11.2 Å². The van der Waals surface area contributed by atoms with Gasteiger partial charge in [0.15, 0.2) is 6.10 Å². The molecule has 1 unspecified atom stereocenters. The highest BCUT2D eigenvalue weighted by Gasteiger charge is 2.38. The van der Waals surface area contributed by atoms with Gasteiger partial charge < -0.3 is 15.0 Å². The third kappa shape index (κ3) is 5.55. The zero-order valence-electron chi connectivity index (χ0n) is 18.2. The Morgan fingerprint density at radius 3 is 2.37 bits per heavy atom. The summed E-state index contributed by atoms with van der Waals surface area (Å²) in [5.41, 5.74) is 1.26. The molecule has 1 amide bonds. The summed E-state index contributed by atoms with van der Waals surface area (Å²) in [5, 5.41) is 4.07. The van der Waals surface area contributed by atoms with Gasteiger partial charge in [-0.1, -0.05) is 54.9 Å². The van der Waals surface area contributed by atoms with E-state index in [0.717, 1.165) is 42.9 Å². The Labute approximate surface area is 185 Å². The molecule has 162 valence electrons. The fourth-order valence-corrected chi connectivity index (χ4v) is 4.56. The number of rotatable bonds is 8. The second-order valence-corrected chi connectivity index (χ2v) is 8.90. The van der Waals surface area contributed by atoms with Crippen molar-refractivity contribution in [2.75, 3.05) is 14.1 Å². The minimum absolute atomic E-state index is 0.0187. The van der Waals surface area contributed by atoms with Crippen LogP contribution < -0.4 is 10.1 Å². The lowest BCUT2D eigenvalue weighted by molar-refractivity contribution is -0.129. The first kappa shape index (κ1) is 22.6. The fraction of sp³-hybridized carbons (Fsp3) is 0.480. The van der Waals surface area contributed by atoms with Gasteiger partial charge >= 0.3 is 0 Å². The summed E-state index contributed by atoms with van der Waals surface area (Å²) in [6, 6.07) is 17.8. The molecule has 0 aromatic heterocycles. The average Bonchev–Trinajstić information content (AvgIpc) is 2.75. The summed E-state index contributed by atoms with van der Waals surface area (Å²) < 4.78 is 5.90. The number of halogens is 1. The molecular formula is C25H33ClN2O2. The van der Waals surface area contributed by atoms with Gasteiger partial charge in [-0.2, -0.15) is 0 Å². The standard InChI is InChI=1S/C25H33ClN2O2/c1-4-23(30-21-11-6-5-7-12-21)24(29)27-20-14-16-25(17-15-20,28(2)3)18-19-10-8-9-13-22(19)26/h5-13,20,23H,4,14-18H2,1-3H3,(H,27,29). The molecule has 1 aliphatic carbocycles. The van der Waals surface area contributed by atoms with Crippen LogP contribution in [-0.4, -0.2) is 42.6 Å². The Balaban J connectivity index is 1.59. The molecule has 30 heavy (non-hydrogen) atoms. The Morgan fingerprint density at radius 1 is 1.13 bits per heavy atom. The van der Waals surface area contributed by atoms with Gasteiger partial charge in [-0.25, -0.2) is 0 Å². The van der Waals surface area contributed by atoms with Crippen LogP contribution in [0, 0.1) is 0 Å². The number of amides is 1. The molecule has 1 saturated carbocycles. The van der Waals surface area contributed by atoms with Crippen molar-refractivity contribution >= 4 is 17.5 Å². The number of ether oxygens (including phenoxy) is 1. The molecule has 5 heteroatoms. The molecule has 1 atom stereocenters. The lowest BCUT2D eigenvalue weighted by Crippen LogP contribution is -2.53. The number of benzene rings is 2. The topological polar surface area (TPSA) is 41.6 Å². The first-order valence-corrected chi connectivity index (χ1v) is 11.2. The molecule has 1 fully saturated rings. The number of hydrogen-bond donors (Lipinski definition) is 1. The summed E-state index contributed by atoms with van der Waals surface area (Å²) in [6.07, 6.45) is 5.05. The maximum absolute atomic E-state index is 12.8. The van der Waals surface area contributed by atoms with Crippen molar-refractivity contribution in [1.29, 1.82) is 0 Å². The SMILES string of the molecule is CCC(Oc1ccccc1)C(=O)NC1CCC(Cc2ccccc2Cl)(N(C)C)CC1. The van der Waals surface area contributed by atoms with Gasteiger partial charge in [-0.15, -0.1) is 0 Å². The normalized spacial score (nSPS) is 22.5. The summed E-state index contributed by atoms with van der Waals surface area (Å²) in [7, 11) is 4.30. The number of likely N-dealkylation sites (N-methyl/N-ethyl adjacent to an activating group) is 1. The summed E-state index contributed by atoms with van der Waals surface area (Å²) in [5.74, 6) is 0.712. The van der Waals surface area contributed by atoms with Crippen LogP contribution >= 0.6 is 11.6 Å². The predicted molar refractivity (Wildman–Crippen MR) is 123 cm³/mol. The van der Waals surface area contributed by atoms with E-state index in [-0.39, 0.29) is 17.5 Å². The van der Waals surface area contributed by atoms with E-state index in [1.54, 1.807) is 0 Å². The fourth-order valence-electron chi connectivity index (χ4n) is 4.36. The third-order valence-corrected chi connectivity index (χ3v) is 6.74. The van der Waals surface area contributed by atoms with Crippen molar-refractivity contribution in [2.45, 2.75) is 63.1 Å². The van der Waals surface area contributed by atoms with Crippen molar-refractivity contribution in [1.82, 2.24) is 10.2 Å². The van der Waals surface area contributed by atoms with Gasteiger partial charge in [-0.3, -0.25) is 4.79 Å². The molecule has 2 aromatic rings. The second-order valence-electron chi connectivity index (χ2n) is 8.50. The second kappa shape index (κ2) is 10.3. The van der Waals surface area contributed by atoms with E-state index in [2.05, 4.69) is 30.4 Å². The van der Waals surface area contributed by atoms with Crippen molar-refractivity contribution < 1.29 is 9.53 Å². The van der Waals surface area contributed by atoms with Gasteiger partial charge in [0.05, 0.1) is 0 Å². The third-order valence-electron chi connectivity index (χ3n) is 6.37. The van der Waals surface area contributed by atoms with Crippen molar-refractivity contribution in [2.24, 2.45) is 0 Å². The number of nitrogens with zero attached hydrogens (tertiary/aromatic N) is 1. The van der Waals surface area contributed by atoms with Crippen LogP contribution in [0.3, 0.4) is 0 Å². The Bertz CT molecular complexity index is 817. The Morgan fingerprint density at radius 2 is 1.77 bits per heavy atom. The molecule has 4 nitrogen and oxygen atoms in total. The molecular weight excluding hydrogens is 396 g/mol. The highest BCUT2D eigenvalue weighted by molar-refractivity contribution is 6.31. The van der Waals surface area contributed by atoms with Crippen LogP contribution in [0.2, 0.25) is 5.02 Å². The maximum Gasteiger partial charge on any atom is 0.261 e. The summed E-state index contributed by atoms with van der Waals surface area (Å²) in [6.45, 7) is 1.98. The van der Waals surface area contributed by atoms with Crippen LogP contribution in [0.1, 0.15) is 44.6 Å². The van der Waals surface area contributed by atoms with Gasteiger partial charge in [0, 0.05) is 16.6 Å². The predicted octanol–water partition coefficient (Wildman–Crippen LogP) is 5.10. The van der Waals surface area contributed by atoms with E-state index < -0.39 is 6.10 Å². The van der Waals surface area contributed by atoms with Crippen LogP contribution in [0.4, 0.5) is 0 Å². The molecule has 0 radical (unpaired) electrons. The number of carbonyl (C=O) groups is 1. The van der Waals surface area contributed by atoms with E-state index in [9.17, 15) is 4.79 Å². The van der Waals surface area contributed by atoms with Gasteiger partial charge in [0.25, 0.3) is 5.91 Å². The lowest BCUT2D eigenvalue weighted by atomic mass is 9.74. The number of para-hydroxylation sites is 1. The zero-order valence-corrected chi connectivity index (χ0v) is 19.0. The van der Waals surface area contributed by atoms with E-state index in [1.165, 1.54) is 5.56 Å². The molecule has 0 bridgehead atoms. The first-order chi connectivity index (χ1) is 14.4. The van der Waals surface area contributed by atoms with Crippen LogP contribution in [0.25, 0.3) is 0 Å². The van der Waals surface area contributed by atoms with Gasteiger partial charge in [0.1, 0.15) is 5.75 Å². The molecule has 0 spiro atoms. The van der Waals surface area contributed by atoms with Crippen molar-refractivity contribution in [3.63, 3.8) is 0 Å². The van der Waals surface area contributed by atoms with E-state index in [1.807, 2.05) is 55.5 Å². The molecule has 0 aliphatic heterocycles. The van der Waals surface area contributed by atoms with E-state index in [4.69, 9.17) is 16.3 Å². The molecule has 1 N–H and O–H groups in total. The molecule has 0 heterocycles. The quantitative estimate of drug-likeness (QED) is 0.636. The summed E-state index contributed by atoms with van der Waals surface area (Å²) in [4.78, 5) is 15.1. The minimum Gasteiger partial charge on any atom is -0.481 e. The van der Waals surface area contributed by atoms with Crippen LogP contribution in [0.5, 0.6) is 5.75 Å². The number of nitrogens with one attached hydrogen (secondary N) is 1. The Kier molecular flexibility index (Phi) is 7.79. The first-order valence-electron chi connectivity index (χ1n) is 10.9.